The zero-order valence-corrected chi connectivity index (χ0v) is 21.7. The van der Waals surface area contributed by atoms with Crippen molar-refractivity contribution < 1.29 is 28.2 Å². The summed E-state index contributed by atoms with van der Waals surface area (Å²) in [6.45, 7) is 4.17. The van der Waals surface area contributed by atoms with Crippen molar-refractivity contribution in [1.29, 1.82) is 0 Å². The van der Waals surface area contributed by atoms with Gasteiger partial charge < -0.3 is 20.4 Å². The number of amides is 1. The molecule has 166 valence electrons. The molecule has 3 aliphatic heterocycles. The Morgan fingerprint density at radius 3 is 2.62 bits per heavy atom. The summed E-state index contributed by atoms with van der Waals surface area (Å²) in [5.41, 5.74) is 0.00510. The summed E-state index contributed by atoms with van der Waals surface area (Å²) in [6, 6.07) is -0.435. The molecule has 0 spiro atoms. The molecule has 2 fully saturated rings. The van der Waals surface area contributed by atoms with Gasteiger partial charge in [0.25, 0.3) is 10.2 Å². The molecule has 6 N–H and O–H groups in total. The Bertz CT molecular complexity index is 794. The smallest absolute Gasteiger partial charge is 0.353 e. The number of halogens is 2. The van der Waals surface area contributed by atoms with Gasteiger partial charge in [0.15, 0.2) is 0 Å². The molecule has 3 heterocycles. The lowest BCUT2D eigenvalue weighted by molar-refractivity contribution is -0.163. The Balaban J connectivity index is 0.00000145. The van der Waals surface area contributed by atoms with E-state index in [0.29, 0.717) is 17.9 Å². The molecule has 6 atom stereocenters. The molecule has 1 amide bonds. The first-order valence-electron chi connectivity index (χ1n) is 8.81. The second-order valence-corrected chi connectivity index (χ2v) is 9.97. The molecule has 0 aromatic carbocycles. The summed E-state index contributed by atoms with van der Waals surface area (Å²) in [6.07, 6.45) is -0.197. The predicted molar refractivity (Wildman–Crippen MR) is 127 cm³/mol. The lowest BCUT2D eigenvalue weighted by Gasteiger charge is -2.46. The van der Waals surface area contributed by atoms with Crippen LogP contribution in [0.4, 0.5) is 0 Å². The van der Waals surface area contributed by atoms with Crippen LogP contribution >= 0.6 is 49.0 Å². The van der Waals surface area contributed by atoms with Gasteiger partial charge in [-0.2, -0.15) is 8.42 Å². The van der Waals surface area contributed by atoms with Gasteiger partial charge in [-0.05, 0) is 13.3 Å². The average Bonchev–Trinajstić information content (AvgIpc) is 3.16. The van der Waals surface area contributed by atoms with E-state index in [1.54, 1.807) is 6.92 Å². The van der Waals surface area contributed by atoms with Gasteiger partial charge in [-0.3, -0.25) is 4.79 Å². The van der Waals surface area contributed by atoms with Gasteiger partial charge in [-0.15, -0.1) is 11.8 Å². The van der Waals surface area contributed by atoms with Gasteiger partial charge in [0.05, 0.1) is 18.1 Å². The molecule has 29 heavy (non-hydrogen) atoms. The van der Waals surface area contributed by atoms with Crippen LogP contribution in [0.15, 0.2) is 10.6 Å². The van der Waals surface area contributed by atoms with E-state index in [-0.39, 0.29) is 41.4 Å². The van der Waals surface area contributed by atoms with Crippen LogP contribution in [-0.4, -0.2) is 71.9 Å². The number of carbonyl (C=O) groups is 2. The number of carbonyl (C=O) groups excluding carboxylic acids is 1. The molecule has 0 aromatic heterocycles. The predicted octanol–water partition coefficient (Wildman–Crippen LogP) is 0.168. The fourth-order valence-electron chi connectivity index (χ4n) is 4.10. The molecular formula is C15H24I2N4O6S2. The molecule has 0 bridgehead atoms. The first-order chi connectivity index (χ1) is 13.5. The van der Waals surface area contributed by atoms with Crippen LogP contribution in [-0.2, 0) is 19.8 Å². The van der Waals surface area contributed by atoms with E-state index >= 15 is 0 Å². The molecule has 3 rings (SSSR count). The number of aliphatic carboxylic acids is 1. The van der Waals surface area contributed by atoms with Crippen molar-refractivity contribution in [2.24, 2.45) is 17.0 Å². The summed E-state index contributed by atoms with van der Waals surface area (Å²) >= 11 is 5.65. The largest absolute Gasteiger partial charge is 0.477 e. The Morgan fingerprint density at radius 2 is 2.10 bits per heavy atom. The molecule has 0 aliphatic carbocycles. The van der Waals surface area contributed by atoms with Crippen molar-refractivity contribution in [2.75, 3.05) is 13.1 Å². The van der Waals surface area contributed by atoms with Crippen LogP contribution in [0.3, 0.4) is 0 Å². The lowest BCUT2D eigenvalue weighted by Crippen LogP contribution is -2.63. The van der Waals surface area contributed by atoms with Crippen molar-refractivity contribution in [1.82, 2.24) is 14.9 Å². The fraction of sp³-hybridized carbons (Fsp3) is 0.733. The number of hydrogen-bond acceptors (Lipinski definition) is 7. The maximum absolute atomic E-state index is 12.3. The molecule has 10 nitrogen and oxygen atoms in total. The molecule has 3 aliphatic rings. The van der Waals surface area contributed by atoms with Crippen molar-refractivity contribution in [3.8, 4) is 0 Å². The number of β-lactam (4-membered cyclic amide) rings is 1. The number of nitrogens with two attached hydrogens (primary N) is 1. The van der Waals surface area contributed by atoms with Crippen LogP contribution < -0.4 is 15.2 Å². The topological polar surface area (TPSA) is 162 Å². The summed E-state index contributed by atoms with van der Waals surface area (Å²) in [5.74, 6) is -2.27. The molecular weight excluding hydrogens is 650 g/mol. The third kappa shape index (κ3) is 5.56. The SMILES string of the molecule is C[C@@H](O)[C@H]1C(=O)N2C(C(=O)O)=C(S[C@@H]3CN[C@H](CNS(N)(=O)=O)C3)[C@H](C)[C@H]12.II. The summed E-state index contributed by atoms with van der Waals surface area (Å²) in [7, 11) is -3.76. The summed E-state index contributed by atoms with van der Waals surface area (Å²) < 4.78 is 24.3. The van der Waals surface area contributed by atoms with Gasteiger partial charge in [0.2, 0.25) is 5.91 Å². The lowest BCUT2D eigenvalue weighted by atomic mass is 9.79. The van der Waals surface area contributed by atoms with Crippen molar-refractivity contribution in [3.05, 3.63) is 10.6 Å². The second-order valence-electron chi connectivity index (χ2n) is 7.25. The number of carboxylic acids is 1. The van der Waals surface area contributed by atoms with Crippen molar-refractivity contribution in [2.45, 2.75) is 43.7 Å². The molecule has 0 aromatic rings. The number of aliphatic hydroxyl groups excluding tert-OH is 1. The van der Waals surface area contributed by atoms with Crippen LogP contribution in [0.2, 0.25) is 0 Å². The highest BCUT2D eigenvalue weighted by atomic mass is 128. The van der Waals surface area contributed by atoms with Gasteiger partial charge >= 0.3 is 5.97 Å². The van der Waals surface area contributed by atoms with Crippen molar-refractivity contribution in [3.63, 3.8) is 0 Å². The van der Waals surface area contributed by atoms with Crippen LogP contribution in [0.5, 0.6) is 0 Å². The van der Waals surface area contributed by atoms with E-state index in [1.807, 2.05) is 6.92 Å². The normalized spacial score (nSPS) is 32.4. The Hall–Kier alpha value is 0.280. The molecule has 0 unspecified atom stereocenters. The van der Waals surface area contributed by atoms with E-state index in [9.17, 15) is 28.2 Å². The van der Waals surface area contributed by atoms with Gasteiger partial charge in [-0.25, -0.2) is 14.7 Å². The number of hydrogen-bond donors (Lipinski definition) is 5. The number of nitrogens with zero attached hydrogens (tertiary/aromatic N) is 1. The zero-order valence-electron chi connectivity index (χ0n) is 15.7. The fourth-order valence-corrected chi connectivity index (χ4v) is 6.05. The molecule has 0 radical (unpaired) electrons. The zero-order chi connectivity index (χ0) is 22.1. The highest BCUT2D eigenvalue weighted by molar-refractivity contribution is 15.0. The minimum Gasteiger partial charge on any atom is -0.477 e. The Morgan fingerprint density at radius 1 is 1.48 bits per heavy atom. The highest BCUT2D eigenvalue weighted by Gasteiger charge is 2.60. The number of fused-ring (bicyclic) bond motifs is 1. The number of aliphatic hydroxyl groups is 1. The molecule has 14 heteroatoms. The third-order valence-corrected chi connectivity index (χ3v) is 7.40. The average molecular weight is 674 g/mol. The Kier molecular flexibility index (Phi) is 9.04. The second kappa shape index (κ2) is 10.3. The minimum atomic E-state index is -3.76. The van der Waals surface area contributed by atoms with E-state index < -0.39 is 28.2 Å². The van der Waals surface area contributed by atoms with Gasteiger partial charge in [-0.1, -0.05) is 6.92 Å². The standard InChI is InChI=1S/C15H24N4O6S2.I2/c1-6-11-10(7(2)20)14(21)19(11)12(15(22)23)13(6)26-9-3-8(17-5-9)4-18-27(16,24)25;1-2/h6-11,17-18,20H,3-5H2,1-2H3,(H,22,23)(H2,16,24,25);/t6-,7-,8+,9+,10-,11-;/m1./s1. The maximum atomic E-state index is 12.3. The van der Waals surface area contributed by atoms with Gasteiger partial charge in [0.1, 0.15) is 5.70 Å². The highest BCUT2D eigenvalue weighted by Crippen LogP contribution is 2.51. The summed E-state index contributed by atoms with van der Waals surface area (Å²) in [4.78, 5) is 26.1. The minimum absolute atomic E-state index is 0.00510. The van der Waals surface area contributed by atoms with E-state index in [0.717, 1.165) is 0 Å². The first-order valence-corrected chi connectivity index (χ1v) is 17.5. The van der Waals surface area contributed by atoms with E-state index in [4.69, 9.17) is 5.14 Å². The number of nitrogens with one attached hydrogen (secondary N) is 2. The summed E-state index contributed by atoms with van der Waals surface area (Å²) in [5, 5.41) is 27.7. The first kappa shape index (κ1) is 25.5. The maximum Gasteiger partial charge on any atom is 0.353 e. The molecule has 2 saturated heterocycles. The number of rotatable bonds is 7. The number of carboxylic acid groups (broad SMARTS) is 1. The quantitative estimate of drug-likeness (QED) is 0.189. The van der Waals surface area contributed by atoms with Crippen LogP contribution in [0.1, 0.15) is 20.3 Å². The number of thioether (sulfide) groups is 1. The van der Waals surface area contributed by atoms with Crippen molar-refractivity contribution >= 4 is 71.1 Å². The van der Waals surface area contributed by atoms with E-state index in [2.05, 4.69) is 47.3 Å². The third-order valence-electron chi connectivity index (χ3n) is 5.32. The van der Waals surface area contributed by atoms with E-state index in [1.165, 1.54) is 16.7 Å². The van der Waals surface area contributed by atoms with Gasteiger partial charge in [0, 0.05) is 72.4 Å². The monoisotopic (exact) mass is 674 g/mol. The van der Waals surface area contributed by atoms with Crippen LogP contribution in [0.25, 0.3) is 0 Å². The molecule has 0 saturated carbocycles. The van der Waals surface area contributed by atoms with Crippen LogP contribution in [0, 0.1) is 11.8 Å². The Labute approximate surface area is 197 Å².